The van der Waals surface area contributed by atoms with Crippen LogP contribution in [0.5, 0.6) is 5.75 Å². The number of urea groups is 1. The number of carbonyl (C=O) groups is 2. The van der Waals surface area contributed by atoms with Crippen molar-refractivity contribution in [3.63, 3.8) is 0 Å². The van der Waals surface area contributed by atoms with E-state index in [0.717, 1.165) is 27.1 Å². The lowest BCUT2D eigenvalue weighted by Crippen LogP contribution is -2.97. The molecule has 3 heterocycles. The number of aromatic nitrogens is 1. The van der Waals surface area contributed by atoms with Gasteiger partial charge in [0, 0.05) is 36.8 Å². The van der Waals surface area contributed by atoms with Gasteiger partial charge in [-0.25, -0.2) is 9.79 Å². The van der Waals surface area contributed by atoms with Crippen LogP contribution >= 0.6 is 0 Å². The highest BCUT2D eigenvalue weighted by molar-refractivity contribution is 6.25. The number of rotatable bonds is 3. The molecule has 1 aromatic heterocycles. The van der Waals surface area contributed by atoms with E-state index in [1.54, 1.807) is 20.4 Å². The first-order valence-corrected chi connectivity index (χ1v) is 9.73. The number of fused-ring (bicyclic) bond motifs is 2. The minimum Gasteiger partial charge on any atom is -0.497 e. The number of methoxy groups -OCH3 is 1. The van der Waals surface area contributed by atoms with Crippen molar-refractivity contribution >= 4 is 34.5 Å². The smallest absolute Gasteiger partial charge is 0.331 e. The van der Waals surface area contributed by atoms with Gasteiger partial charge in [0.05, 0.1) is 12.7 Å². The van der Waals surface area contributed by atoms with Gasteiger partial charge >= 0.3 is 11.9 Å². The molecule has 1 atom stereocenters. The van der Waals surface area contributed by atoms with Crippen LogP contribution in [0.25, 0.3) is 10.9 Å². The van der Waals surface area contributed by atoms with Crippen molar-refractivity contribution in [3.05, 3.63) is 65.9 Å². The van der Waals surface area contributed by atoms with E-state index in [1.807, 2.05) is 48.5 Å². The number of hydrogen-bond donors (Lipinski definition) is 3. The predicted molar refractivity (Wildman–Crippen MR) is 115 cm³/mol. The largest absolute Gasteiger partial charge is 0.497 e. The fourth-order valence-electron chi connectivity index (χ4n) is 4.17. The minimum atomic E-state index is -1.39. The van der Waals surface area contributed by atoms with Crippen molar-refractivity contribution in [1.29, 1.82) is 0 Å². The number of amidine groups is 2. The summed E-state index contributed by atoms with van der Waals surface area (Å²) in [5, 5.41) is 5.35. The molecule has 0 radical (unpaired) electrons. The number of hydrazone groups is 1. The summed E-state index contributed by atoms with van der Waals surface area (Å²) in [5.74, 6) is 1.13. The molecule has 0 saturated carbocycles. The molecule has 2 aliphatic rings. The number of nitrogens with one attached hydrogen (secondary N) is 3. The third-order valence-electron chi connectivity index (χ3n) is 5.81. The Morgan fingerprint density at radius 3 is 2.52 bits per heavy atom. The molecule has 0 bridgehead atoms. The van der Waals surface area contributed by atoms with Gasteiger partial charge < -0.3 is 9.72 Å². The highest BCUT2D eigenvalue weighted by Crippen LogP contribution is 2.33. The van der Waals surface area contributed by atoms with Crippen molar-refractivity contribution < 1.29 is 19.3 Å². The maximum atomic E-state index is 13.7. The number of amides is 3. The summed E-state index contributed by atoms with van der Waals surface area (Å²) in [7, 11) is 4.69. The van der Waals surface area contributed by atoms with Crippen molar-refractivity contribution in [2.45, 2.75) is 5.54 Å². The van der Waals surface area contributed by atoms with E-state index in [4.69, 9.17) is 4.74 Å². The number of H-pyrrole nitrogens is 1. The first kappa shape index (κ1) is 18.9. The Labute approximate surface area is 178 Å². The fourth-order valence-corrected chi connectivity index (χ4v) is 4.17. The van der Waals surface area contributed by atoms with Gasteiger partial charge in [-0.15, -0.1) is 5.43 Å². The minimum absolute atomic E-state index is 0.280. The van der Waals surface area contributed by atoms with Crippen LogP contribution in [0, 0.1) is 0 Å². The fraction of sp³-hybridized carbons (Fsp3) is 0.182. The summed E-state index contributed by atoms with van der Waals surface area (Å²) < 4.78 is 5.24. The summed E-state index contributed by atoms with van der Waals surface area (Å²) in [5.41, 5.74) is 3.94. The number of para-hydroxylation sites is 1. The Hall–Kier alpha value is -4.14. The second kappa shape index (κ2) is 6.69. The molecule has 0 unspecified atom stereocenters. The van der Waals surface area contributed by atoms with Gasteiger partial charge in [0.25, 0.3) is 11.4 Å². The van der Waals surface area contributed by atoms with E-state index in [1.165, 1.54) is 11.9 Å². The molecule has 5 rings (SSSR count). The van der Waals surface area contributed by atoms with Crippen molar-refractivity contribution in [1.82, 2.24) is 20.2 Å². The van der Waals surface area contributed by atoms with E-state index in [0.29, 0.717) is 11.4 Å². The molecule has 3 amide bonds. The molecular formula is C22H21N6O3+. The highest BCUT2D eigenvalue weighted by Gasteiger charge is 2.60. The summed E-state index contributed by atoms with van der Waals surface area (Å²) in [4.78, 5) is 35.5. The molecule has 1 fully saturated rings. The van der Waals surface area contributed by atoms with Crippen LogP contribution in [0.15, 0.2) is 59.8 Å². The van der Waals surface area contributed by atoms with Gasteiger partial charge in [-0.05, 0) is 30.3 Å². The average molecular weight is 417 g/mol. The summed E-state index contributed by atoms with van der Waals surface area (Å²) in [6, 6.07) is 14.6. The van der Waals surface area contributed by atoms with Crippen molar-refractivity contribution in [2.24, 2.45) is 5.10 Å². The van der Waals surface area contributed by atoms with Gasteiger partial charge in [0.2, 0.25) is 5.84 Å². The highest BCUT2D eigenvalue weighted by atomic mass is 16.5. The third kappa shape index (κ3) is 2.56. The molecule has 31 heavy (non-hydrogen) atoms. The van der Waals surface area contributed by atoms with E-state index >= 15 is 0 Å². The summed E-state index contributed by atoms with van der Waals surface area (Å²) in [6.07, 6.45) is 1.79. The lowest BCUT2D eigenvalue weighted by atomic mass is 9.84. The van der Waals surface area contributed by atoms with Crippen LogP contribution in [-0.2, 0) is 10.3 Å². The second-order valence-corrected chi connectivity index (χ2v) is 7.48. The van der Waals surface area contributed by atoms with Gasteiger partial charge in [-0.1, -0.05) is 23.3 Å². The molecular weight excluding hydrogens is 396 g/mol. The topological polar surface area (TPSA) is 104 Å². The molecule has 3 aromatic rings. The molecule has 0 spiro atoms. The first-order chi connectivity index (χ1) is 15.0. The monoisotopic (exact) mass is 417 g/mol. The van der Waals surface area contributed by atoms with Gasteiger partial charge in [0.15, 0.2) is 0 Å². The maximum absolute atomic E-state index is 13.7. The van der Waals surface area contributed by atoms with Gasteiger partial charge in [-0.2, -0.15) is 0 Å². The van der Waals surface area contributed by atoms with Crippen LogP contribution in [0.2, 0.25) is 0 Å². The Morgan fingerprint density at radius 1 is 1.03 bits per heavy atom. The van der Waals surface area contributed by atoms with Crippen molar-refractivity contribution in [2.75, 3.05) is 21.2 Å². The molecule has 3 N–H and O–H groups in total. The second-order valence-electron chi connectivity index (χ2n) is 7.48. The predicted octanol–water partition coefficient (Wildman–Crippen LogP) is 0.340. The van der Waals surface area contributed by atoms with Gasteiger partial charge in [-0.3, -0.25) is 14.6 Å². The third-order valence-corrected chi connectivity index (χ3v) is 5.81. The SMILES string of the molecule is COc1ccc(C2=[NH+][C@@]3(c4c[nH]c5ccccc45)C(=O)N(C)C(=O)N(C)C3=NN2)cc1. The molecule has 1 saturated heterocycles. The Bertz CT molecular complexity index is 1280. The lowest BCUT2D eigenvalue weighted by molar-refractivity contribution is -0.527. The van der Waals surface area contributed by atoms with Crippen LogP contribution in [0.3, 0.4) is 0 Å². The molecule has 0 aliphatic carbocycles. The Balaban J connectivity index is 1.77. The molecule has 156 valence electrons. The Morgan fingerprint density at radius 2 is 1.77 bits per heavy atom. The lowest BCUT2D eigenvalue weighted by Gasteiger charge is -2.40. The Kier molecular flexibility index (Phi) is 4.07. The normalized spacial score (nSPS) is 20.9. The van der Waals surface area contributed by atoms with Crippen LogP contribution in [0.4, 0.5) is 4.79 Å². The number of ether oxygens (including phenoxy) is 1. The number of nitrogens with zero attached hydrogens (tertiary/aromatic N) is 3. The zero-order valence-electron chi connectivity index (χ0n) is 17.3. The standard InChI is InChI=1S/C22H20N6O3/c1-27-19-22(20(29)28(2)21(27)30,16-12-23-17-7-5-4-6-15(16)17)24-18(25-26-19)13-8-10-14(31-3)11-9-13/h4-12,23H,1-3H3,(H,24,25)/p+1/t22-/m1/s1. The first-order valence-electron chi connectivity index (χ1n) is 9.73. The molecule has 2 aliphatic heterocycles. The number of likely N-dealkylation sites (N-methyl/N-ethyl adjacent to an activating group) is 2. The quantitative estimate of drug-likeness (QED) is 0.572. The van der Waals surface area contributed by atoms with Crippen LogP contribution in [0.1, 0.15) is 11.1 Å². The zero-order chi connectivity index (χ0) is 21.8. The maximum Gasteiger partial charge on any atom is 0.331 e. The average Bonchev–Trinajstić information content (AvgIpc) is 3.25. The van der Waals surface area contributed by atoms with E-state index in [9.17, 15) is 9.59 Å². The number of imide groups is 1. The molecule has 9 heteroatoms. The van der Waals surface area contributed by atoms with E-state index in [2.05, 4.69) is 20.5 Å². The van der Waals surface area contributed by atoms with Crippen LogP contribution in [-0.4, -0.2) is 59.6 Å². The molecule has 2 aromatic carbocycles. The van der Waals surface area contributed by atoms with Crippen molar-refractivity contribution in [3.8, 4) is 5.75 Å². The number of aromatic amines is 1. The molecule has 9 nitrogen and oxygen atoms in total. The van der Waals surface area contributed by atoms with Gasteiger partial charge in [0.1, 0.15) is 5.75 Å². The van der Waals surface area contributed by atoms with Crippen LogP contribution < -0.4 is 15.2 Å². The zero-order valence-corrected chi connectivity index (χ0v) is 17.3. The van der Waals surface area contributed by atoms with E-state index < -0.39 is 17.5 Å². The number of carbonyl (C=O) groups excluding carboxylic acids is 2. The summed E-state index contributed by atoms with van der Waals surface area (Å²) >= 11 is 0. The number of benzene rings is 2. The van der Waals surface area contributed by atoms with E-state index in [-0.39, 0.29) is 5.84 Å². The number of hydrogen-bond acceptors (Lipinski definition) is 5. The summed E-state index contributed by atoms with van der Waals surface area (Å²) in [6.45, 7) is 0.